The Morgan fingerprint density at radius 1 is 1.17 bits per heavy atom. The molecule has 24 heavy (non-hydrogen) atoms. The van der Waals surface area contributed by atoms with Crippen molar-refractivity contribution in [2.75, 3.05) is 40.0 Å². The minimum atomic E-state index is -0.0134. The van der Waals surface area contributed by atoms with Crippen LogP contribution in [0.1, 0.15) is 42.5 Å². The maximum atomic E-state index is 12.5. The third-order valence-electron chi connectivity index (χ3n) is 5.38. The highest BCUT2D eigenvalue weighted by Gasteiger charge is 2.39. The summed E-state index contributed by atoms with van der Waals surface area (Å²) in [5, 5.41) is 3.17. The maximum Gasteiger partial charge on any atom is 0.251 e. The van der Waals surface area contributed by atoms with Crippen molar-refractivity contribution >= 4 is 5.91 Å². The highest BCUT2D eigenvalue weighted by atomic mass is 16.5. The van der Waals surface area contributed by atoms with Gasteiger partial charge in [-0.15, -0.1) is 0 Å². The Bertz CT molecular complexity index is 532. The van der Waals surface area contributed by atoms with Gasteiger partial charge in [-0.3, -0.25) is 9.69 Å². The van der Waals surface area contributed by atoms with Gasteiger partial charge in [-0.2, -0.15) is 0 Å². The second kappa shape index (κ2) is 7.99. The van der Waals surface area contributed by atoms with Crippen LogP contribution in [-0.4, -0.2) is 56.3 Å². The van der Waals surface area contributed by atoms with Crippen molar-refractivity contribution in [2.24, 2.45) is 0 Å². The standard InChI is InChI=1S/C19H28N2O3/c1-23-17-7-5-16(6-8-17)18(22)20-15-19(9-13-24-14-10-19)21-11-3-2-4-12-21/h5-8H,2-4,9-15H2,1H3,(H,20,22). The molecule has 2 fully saturated rings. The quantitative estimate of drug-likeness (QED) is 0.900. The molecule has 5 nitrogen and oxygen atoms in total. The number of likely N-dealkylation sites (tertiary alicyclic amines) is 1. The molecule has 0 radical (unpaired) electrons. The number of nitrogens with zero attached hydrogens (tertiary/aromatic N) is 1. The summed E-state index contributed by atoms with van der Waals surface area (Å²) in [7, 11) is 1.63. The summed E-state index contributed by atoms with van der Waals surface area (Å²) >= 11 is 0. The Hall–Kier alpha value is -1.59. The first-order chi connectivity index (χ1) is 11.7. The largest absolute Gasteiger partial charge is 0.497 e. The van der Waals surface area contributed by atoms with E-state index in [1.807, 2.05) is 24.3 Å². The smallest absolute Gasteiger partial charge is 0.251 e. The first-order valence-corrected chi connectivity index (χ1v) is 8.99. The van der Waals surface area contributed by atoms with Crippen LogP contribution in [-0.2, 0) is 4.74 Å². The molecule has 1 aromatic rings. The van der Waals surface area contributed by atoms with Crippen LogP contribution in [0.5, 0.6) is 5.75 Å². The summed E-state index contributed by atoms with van der Waals surface area (Å²) < 4.78 is 10.7. The lowest BCUT2D eigenvalue weighted by atomic mass is 9.86. The molecule has 1 N–H and O–H groups in total. The van der Waals surface area contributed by atoms with Crippen molar-refractivity contribution in [1.29, 1.82) is 0 Å². The number of amides is 1. The average molecular weight is 332 g/mol. The van der Waals surface area contributed by atoms with E-state index in [4.69, 9.17) is 9.47 Å². The Morgan fingerprint density at radius 3 is 2.46 bits per heavy atom. The van der Waals surface area contributed by atoms with E-state index in [0.717, 1.165) is 44.9 Å². The van der Waals surface area contributed by atoms with Crippen molar-refractivity contribution in [3.8, 4) is 5.75 Å². The van der Waals surface area contributed by atoms with Crippen LogP contribution in [0, 0.1) is 0 Å². The first-order valence-electron chi connectivity index (χ1n) is 8.99. The monoisotopic (exact) mass is 332 g/mol. The number of nitrogens with one attached hydrogen (secondary N) is 1. The van der Waals surface area contributed by atoms with Crippen LogP contribution in [0.25, 0.3) is 0 Å². The molecule has 2 aliphatic heterocycles. The van der Waals surface area contributed by atoms with Crippen molar-refractivity contribution in [3.05, 3.63) is 29.8 Å². The van der Waals surface area contributed by atoms with E-state index in [9.17, 15) is 4.79 Å². The van der Waals surface area contributed by atoms with Gasteiger partial charge in [-0.25, -0.2) is 0 Å². The normalized spacial score (nSPS) is 21.2. The van der Waals surface area contributed by atoms with Gasteiger partial charge in [-0.1, -0.05) is 6.42 Å². The number of hydrogen-bond acceptors (Lipinski definition) is 4. The first kappa shape index (κ1) is 17.2. The van der Waals surface area contributed by atoms with Crippen LogP contribution in [0.3, 0.4) is 0 Å². The van der Waals surface area contributed by atoms with Crippen molar-refractivity contribution in [3.63, 3.8) is 0 Å². The number of carbonyl (C=O) groups excluding carboxylic acids is 1. The zero-order valence-corrected chi connectivity index (χ0v) is 14.6. The van der Waals surface area contributed by atoms with Crippen LogP contribution in [0.15, 0.2) is 24.3 Å². The van der Waals surface area contributed by atoms with Gasteiger partial charge < -0.3 is 14.8 Å². The van der Waals surface area contributed by atoms with Gasteiger partial charge in [0, 0.05) is 30.9 Å². The summed E-state index contributed by atoms with van der Waals surface area (Å²) in [6.07, 6.45) is 5.83. The van der Waals surface area contributed by atoms with E-state index in [0.29, 0.717) is 12.1 Å². The van der Waals surface area contributed by atoms with E-state index in [1.54, 1.807) is 7.11 Å². The zero-order chi connectivity index (χ0) is 16.8. The molecule has 1 aromatic carbocycles. The lowest BCUT2D eigenvalue weighted by Gasteiger charge is -2.48. The number of carbonyl (C=O) groups is 1. The van der Waals surface area contributed by atoms with Crippen LogP contribution in [0.2, 0.25) is 0 Å². The Labute approximate surface area is 144 Å². The molecular formula is C19H28N2O3. The van der Waals surface area contributed by atoms with Gasteiger partial charge in [-0.05, 0) is 63.0 Å². The molecule has 0 aliphatic carbocycles. The summed E-state index contributed by atoms with van der Waals surface area (Å²) in [4.78, 5) is 15.1. The summed E-state index contributed by atoms with van der Waals surface area (Å²) in [5.41, 5.74) is 0.734. The highest BCUT2D eigenvalue weighted by Crippen LogP contribution is 2.30. The van der Waals surface area contributed by atoms with Crippen molar-refractivity contribution < 1.29 is 14.3 Å². The third kappa shape index (κ3) is 3.90. The fraction of sp³-hybridized carbons (Fsp3) is 0.632. The molecule has 2 aliphatic rings. The second-order valence-electron chi connectivity index (χ2n) is 6.80. The number of piperidine rings is 1. The molecule has 1 amide bonds. The topological polar surface area (TPSA) is 50.8 Å². The molecular weight excluding hydrogens is 304 g/mol. The molecule has 0 aromatic heterocycles. The van der Waals surface area contributed by atoms with Gasteiger partial charge in [0.1, 0.15) is 5.75 Å². The van der Waals surface area contributed by atoms with Gasteiger partial charge in [0.15, 0.2) is 0 Å². The van der Waals surface area contributed by atoms with Gasteiger partial charge in [0.05, 0.1) is 7.11 Å². The van der Waals surface area contributed by atoms with Gasteiger partial charge in [0.25, 0.3) is 5.91 Å². The second-order valence-corrected chi connectivity index (χ2v) is 6.80. The van der Waals surface area contributed by atoms with E-state index >= 15 is 0 Å². The van der Waals surface area contributed by atoms with Crippen molar-refractivity contribution in [2.45, 2.75) is 37.6 Å². The Balaban J connectivity index is 1.64. The molecule has 0 bridgehead atoms. The molecule has 0 atom stereocenters. The van der Waals surface area contributed by atoms with Crippen molar-refractivity contribution in [1.82, 2.24) is 10.2 Å². The SMILES string of the molecule is COc1ccc(C(=O)NCC2(N3CCCCC3)CCOCC2)cc1. The lowest BCUT2D eigenvalue weighted by Crippen LogP contribution is -2.59. The number of hydrogen-bond donors (Lipinski definition) is 1. The fourth-order valence-electron chi connectivity index (χ4n) is 3.81. The zero-order valence-electron chi connectivity index (χ0n) is 14.6. The summed E-state index contributed by atoms with van der Waals surface area (Å²) in [6, 6.07) is 7.27. The van der Waals surface area contributed by atoms with Gasteiger partial charge >= 0.3 is 0 Å². The predicted octanol–water partition coefficient (Wildman–Crippen LogP) is 2.46. The summed E-state index contributed by atoms with van der Waals surface area (Å²) in [5.74, 6) is 0.751. The summed E-state index contributed by atoms with van der Waals surface area (Å²) in [6.45, 7) is 4.54. The molecule has 3 rings (SSSR count). The number of benzene rings is 1. The number of methoxy groups -OCH3 is 1. The van der Waals surface area contributed by atoms with Gasteiger partial charge in [0.2, 0.25) is 0 Å². The molecule has 0 unspecified atom stereocenters. The Morgan fingerprint density at radius 2 is 1.83 bits per heavy atom. The average Bonchev–Trinajstić information content (AvgIpc) is 2.67. The molecule has 2 heterocycles. The maximum absolute atomic E-state index is 12.5. The Kier molecular flexibility index (Phi) is 5.74. The van der Waals surface area contributed by atoms with Crippen LogP contribution in [0.4, 0.5) is 0 Å². The van der Waals surface area contributed by atoms with E-state index in [2.05, 4.69) is 10.2 Å². The fourth-order valence-corrected chi connectivity index (χ4v) is 3.81. The lowest BCUT2D eigenvalue weighted by molar-refractivity contribution is -0.0349. The molecule has 0 spiro atoms. The predicted molar refractivity (Wildman–Crippen MR) is 93.5 cm³/mol. The number of ether oxygens (including phenoxy) is 2. The molecule has 132 valence electrons. The molecule has 5 heteroatoms. The molecule has 0 saturated carbocycles. The van der Waals surface area contributed by atoms with E-state index in [-0.39, 0.29) is 11.4 Å². The van der Waals surface area contributed by atoms with Crippen LogP contribution >= 0.6 is 0 Å². The molecule has 2 saturated heterocycles. The third-order valence-corrected chi connectivity index (χ3v) is 5.38. The van der Waals surface area contributed by atoms with Crippen LogP contribution < -0.4 is 10.1 Å². The van der Waals surface area contributed by atoms with E-state index < -0.39 is 0 Å². The highest BCUT2D eigenvalue weighted by molar-refractivity contribution is 5.94. The minimum Gasteiger partial charge on any atom is -0.497 e. The number of rotatable bonds is 5. The minimum absolute atomic E-state index is 0.0134. The van der Waals surface area contributed by atoms with E-state index in [1.165, 1.54) is 19.3 Å².